The molecule has 0 atom stereocenters. The first-order valence-corrected chi connectivity index (χ1v) is 11.8. The van der Waals surface area contributed by atoms with Crippen LogP contribution in [0.25, 0.3) is 0 Å². The number of amides is 3. The molecule has 9 heteroatoms. The average Bonchev–Trinajstić information content (AvgIpc) is 2.91. The molecule has 1 fully saturated rings. The van der Waals surface area contributed by atoms with Crippen LogP contribution in [0, 0.1) is 0 Å². The van der Waals surface area contributed by atoms with Gasteiger partial charge in [0.2, 0.25) is 0 Å². The highest BCUT2D eigenvalue weighted by Crippen LogP contribution is 2.25. The molecule has 0 saturated carbocycles. The number of carbonyl (C=O) groups is 2. The van der Waals surface area contributed by atoms with Gasteiger partial charge < -0.3 is 30.2 Å². The molecule has 188 valence electrons. The van der Waals surface area contributed by atoms with E-state index in [1.54, 1.807) is 42.5 Å². The summed E-state index contributed by atoms with van der Waals surface area (Å²) in [6.07, 6.45) is 0. The van der Waals surface area contributed by atoms with E-state index in [4.69, 9.17) is 14.2 Å². The summed E-state index contributed by atoms with van der Waals surface area (Å²) in [5, 5.41) is 8.46. The normalized spacial score (nSPS) is 13.5. The second-order valence-corrected chi connectivity index (χ2v) is 8.14. The highest BCUT2D eigenvalue weighted by atomic mass is 16.5. The smallest absolute Gasteiger partial charge is 0.323 e. The van der Waals surface area contributed by atoms with Crippen molar-refractivity contribution < 1.29 is 23.8 Å². The van der Waals surface area contributed by atoms with Gasteiger partial charge in [-0.3, -0.25) is 9.69 Å². The Morgan fingerprint density at radius 1 is 0.889 bits per heavy atom. The zero-order valence-corrected chi connectivity index (χ0v) is 20.2. The molecule has 1 aliphatic heterocycles. The standard InChI is InChI=1S/C27H30N4O5/c1-34-25-19-21(9-12-24(25)26(32)28-13-14-31-15-17-35-18-16-31)30-27(33)29-20-7-10-23(11-8-20)36-22-5-3-2-4-6-22/h2-12,19H,13-18H2,1H3,(H,28,32)(H2,29,30,33). The SMILES string of the molecule is COc1cc(NC(=O)Nc2ccc(Oc3ccccc3)cc2)ccc1C(=O)NCCN1CCOCC1. The molecule has 36 heavy (non-hydrogen) atoms. The zero-order chi connectivity index (χ0) is 25.2. The number of urea groups is 1. The van der Waals surface area contributed by atoms with Crippen molar-refractivity contribution in [3.05, 3.63) is 78.4 Å². The van der Waals surface area contributed by atoms with Gasteiger partial charge in [0.25, 0.3) is 5.91 Å². The summed E-state index contributed by atoms with van der Waals surface area (Å²) in [5.74, 6) is 1.54. The number of morpholine rings is 1. The number of rotatable bonds is 9. The first-order valence-electron chi connectivity index (χ1n) is 11.8. The van der Waals surface area contributed by atoms with Crippen LogP contribution in [0.4, 0.5) is 16.2 Å². The van der Waals surface area contributed by atoms with Crippen LogP contribution in [0.5, 0.6) is 17.2 Å². The summed E-state index contributed by atoms with van der Waals surface area (Å²) >= 11 is 0. The number of benzene rings is 3. The molecule has 1 aliphatic rings. The van der Waals surface area contributed by atoms with Gasteiger partial charge in [0.15, 0.2) is 0 Å². The highest BCUT2D eigenvalue weighted by molar-refractivity contribution is 6.01. The summed E-state index contributed by atoms with van der Waals surface area (Å²) < 4.78 is 16.5. The fraction of sp³-hybridized carbons (Fsp3) is 0.259. The van der Waals surface area contributed by atoms with E-state index in [1.165, 1.54) is 7.11 Å². The van der Waals surface area contributed by atoms with Crippen LogP contribution in [-0.4, -0.2) is 63.3 Å². The second kappa shape index (κ2) is 12.6. The Labute approximate surface area is 210 Å². The van der Waals surface area contributed by atoms with Crippen molar-refractivity contribution in [1.82, 2.24) is 10.2 Å². The minimum absolute atomic E-state index is 0.228. The summed E-state index contributed by atoms with van der Waals surface area (Å²) in [6.45, 7) is 4.46. The van der Waals surface area contributed by atoms with E-state index in [2.05, 4.69) is 20.9 Å². The topological polar surface area (TPSA) is 101 Å². The molecule has 0 aliphatic carbocycles. The lowest BCUT2D eigenvalue weighted by atomic mass is 10.1. The van der Waals surface area contributed by atoms with Crippen molar-refractivity contribution in [3.8, 4) is 17.2 Å². The molecule has 9 nitrogen and oxygen atoms in total. The van der Waals surface area contributed by atoms with E-state index in [1.807, 2.05) is 30.3 Å². The fourth-order valence-electron chi connectivity index (χ4n) is 3.73. The van der Waals surface area contributed by atoms with E-state index >= 15 is 0 Å². The molecule has 0 spiro atoms. The summed E-state index contributed by atoms with van der Waals surface area (Å²) in [5.41, 5.74) is 1.51. The Kier molecular flexibility index (Phi) is 8.74. The van der Waals surface area contributed by atoms with Crippen LogP contribution in [0.3, 0.4) is 0 Å². The maximum Gasteiger partial charge on any atom is 0.323 e. The van der Waals surface area contributed by atoms with Gasteiger partial charge in [0.05, 0.1) is 25.9 Å². The van der Waals surface area contributed by atoms with Crippen LogP contribution < -0.4 is 25.4 Å². The van der Waals surface area contributed by atoms with Gasteiger partial charge in [-0.2, -0.15) is 0 Å². The third-order valence-electron chi connectivity index (χ3n) is 5.61. The predicted molar refractivity (Wildman–Crippen MR) is 138 cm³/mol. The van der Waals surface area contributed by atoms with E-state index in [-0.39, 0.29) is 5.91 Å². The van der Waals surface area contributed by atoms with Gasteiger partial charge in [-0.05, 0) is 48.5 Å². The molecule has 0 bridgehead atoms. The summed E-state index contributed by atoms with van der Waals surface area (Å²) in [7, 11) is 1.49. The van der Waals surface area contributed by atoms with Crippen LogP contribution in [0.15, 0.2) is 72.8 Å². The number of anilines is 2. The monoisotopic (exact) mass is 490 g/mol. The number of methoxy groups -OCH3 is 1. The van der Waals surface area contributed by atoms with Crippen LogP contribution >= 0.6 is 0 Å². The third-order valence-corrected chi connectivity index (χ3v) is 5.61. The lowest BCUT2D eigenvalue weighted by Crippen LogP contribution is -2.41. The third kappa shape index (κ3) is 7.21. The van der Waals surface area contributed by atoms with Gasteiger partial charge in [-0.1, -0.05) is 18.2 Å². The molecule has 3 aromatic carbocycles. The Bertz CT molecular complexity index is 1150. The van der Waals surface area contributed by atoms with Crippen LogP contribution in [0.1, 0.15) is 10.4 Å². The van der Waals surface area contributed by atoms with Crippen molar-refractivity contribution in [2.75, 3.05) is 57.1 Å². The summed E-state index contributed by atoms with van der Waals surface area (Å²) in [4.78, 5) is 27.4. The number of hydrogen-bond donors (Lipinski definition) is 3. The maximum absolute atomic E-state index is 12.6. The molecule has 0 radical (unpaired) electrons. The molecule has 3 N–H and O–H groups in total. The number of para-hydroxylation sites is 1. The van der Waals surface area contributed by atoms with E-state index in [0.29, 0.717) is 35.0 Å². The van der Waals surface area contributed by atoms with Crippen molar-refractivity contribution in [2.45, 2.75) is 0 Å². The second-order valence-electron chi connectivity index (χ2n) is 8.14. The van der Waals surface area contributed by atoms with E-state index < -0.39 is 6.03 Å². The molecule has 1 saturated heterocycles. The molecule has 0 aromatic heterocycles. The predicted octanol–water partition coefficient (Wildman–Crippen LogP) is 4.19. The minimum atomic E-state index is -0.420. The molecular formula is C27H30N4O5. The number of nitrogens with zero attached hydrogens (tertiary/aromatic N) is 1. The van der Waals surface area contributed by atoms with Crippen molar-refractivity contribution in [1.29, 1.82) is 0 Å². The largest absolute Gasteiger partial charge is 0.496 e. The number of ether oxygens (including phenoxy) is 3. The number of carbonyl (C=O) groups excluding carboxylic acids is 2. The first-order chi connectivity index (χ1) is 17.6. The summed E-state index contributed by atoms with van der Waals surface area (Å²) in [6, 6.07) is 21.0. The van der Waals surface area contributed by atoms with Crippen LogP contribution in [-0.2, 0) is 4.74 Å². The molecule has 3 amide bonds. The molecule has 1 heterocycles. The van der Waals surface area contributed by atoms with E-state index in [0.717, 1.165) is 38.6 Å². The van der Waals surface area contributed by atoms with Crippen molar-refractivity contribution in [2.24, 2.45) is 0 Å². The number of nitrogens with one attached hydrogen (secondary N) is 3. The van der Waals surface area contributed by atoms with Gasteiger partial charge >= 0.3 is 6.03 Å². The Morgan fingerprint density at radius 2 is 1.56 bits per heavy atom. The molecule has 3 aromatic rings. The van der Waals surface area contributed by atoms with E-state index in [9.17, 15) is 9.59 Å². The Balaban J connectivity index is 1.28. The molecule has 4 rings (SSSR count). The molecular weight excluding hydrogens is 460 g/mol. The Morgan fingerprint density at radius 3 is 2.28 bits per heavy atom. The lowest BCUT2D eigenvalue weighted by molar-refractivity contribution is 0.0383. The average molecular weight is 491 g/mol. The van der Waals surface area contributed by atoms with Crippen LogP contribution in [0.2, 0.25) is 0 Å². The Hall–Kier alpha value is -4.08. The maximum atomic E-state index is 12.6. The fourth-order valence-corrected chi connectivity index (χ4v) is 3.73. The van der Waals surface area contributed by atoms with Gasteiger partial charge in [0.1, 0.15) is 17.2 Å². The first kappa shape index (κ1) is 25.0. The van der Waals surface area contributed by atoms with Crippen molar-refractivity contribution >= 4 is 23.3 Å². The van der Waals surface area contributed by atoms with Crippen molar-refractivity contribution in [3.63, 3.8) is 0 Å². The van der Waals surface area contributed by atoms with Gasteiger partial charge in [0, 0.05) is 43.6 Å². The zero-order valence-electron chi connectivity index (χ0n) is 20.2. The lowest BCUT2D eigenvalue weighted by Gasteiger charge is -2.26. The quantitative estimate of drug-likeness (QED) is 0.416. The van der Waals surface area contributed by atoms with Gasteiger partial charge in [-0.25, -0.2) is 4.79 Å². The highest BCUT2D eigenvalue weighted by Gasteiger charge is 2.15. The van der Waals surface area contributed by atoms with Gasteiger partial charge in [-0.15, -0.1) is 0 Å². The minimum Gasteiger partial charge on any atom is -0.496 e. The molecule has 0 unspecified atom stereocenters. The number of hydrogen-bond acceptors (Lipinski definition) is 6.